The zero-order chi connectivity index (χ0) is 10.9. The van der Waals surface area contributed by atoms with E-state index in [4.69, 9.17) is 9.81 Å². The zero-order valence-corrected chi connectivity index (χ0v) is 8.59. The summed E-state index contributed by atoms with van der Waals surface area (Å²) in [5, 5.41) is 8.73. The van der Waals surface area contributed by atoms with Gasteiger partial charge in [-0.05, 0) is 37.1 Å². The number of aryl methyl sites for hydroxylation is 2. The predicted molar refractivity (Wildman–Crippen MR) is 50.4 cm³/mol. The molecular formula is C9H9NO3S. The first-order valence-corrected chi connectivity index (χ1v) is 5.29. The highest BCUT2D eigenvalue weighted by molar-refractivity contribution is 7.85. The topological polar surface area (TPSA) is 78.2 Å². The Labute approximate surface area is 82.5 Å². The molecule has 0 aliphatic carbocycles. The van der Waals surface area contributed by atoms with Crippen LogP contribution >= 0.6 is 0 Å². The Morgan fingerprint density at radius 2 is 1.71 bits per heavy atom. The van der Waals surface area contributed by atoms with E-state index in [0.717, 1.165) is 0 Å². The van der Waals surface area contributed by atoms with Gasteiger partial charge in [-0.1, -0.05) is 0 Å². The average Bonchev–Trinajstić information content (AvgIpc) is 2.01. The van der Waals surface area contributed by atoms with Gasteiger partial charge in [0.05, 0.1) is 16.5 Å². The third kappa shape index (κ3) is 1.92. The van der Waals surface area contributed by atoms with Crippen LogP contribution in [0, 0.1) is 25.2 Å². The molecule has 1 aromatic rings. The fraction of sp³-hybridized carbons (Fsp3) is 0.222. The van der Waals surface area contributed by atoms with E-state index in [1.807, 2.05) is 6.07 Å². The number of nitriles is 1. The Morgan fingerprint density at radius 1 is 1.29 bits per heavy atom. The van der Waals surface area contributed by atoms with Crippen LogP contribution in [0.1, 0.15) is 16.7 Å². The molecule has 4 nitrogen and oxygen atoms in total. The van der Waals surface area contributed by atoms with Crippen LogP contribution in [0.15, 0.2) is 17.0 Å². The third-order valence-electron chi connectivity index (χ3n) is 1.92. The maximum absolute atomic E-state index is 10.8. The fourth-order valence-electron chi connectivity index (χ4n) is 1.25. The summed E-state index contributed by atoms with van der Waals surface area (Å²) >= 11 is 0. The number of benzene rings is 1. The van der Waals surface area contributed by atoms with Crippen molar-refractivity contribution in [2.45, 2.75) is 18.7 Å². The SMILES string of the molecule is Cc1cc(S(=O)(=O)O)cc(C)c1C#N. The van der Waals surface area contributed by atoms with Gasteiger partial charge in [-0.3, -0.25) is 4.55 Å². The van der Waals surface area contributed by atoms with Gasteiger partial charge in [0.25, 0.3) is 10.1 Å². The van der Waals surface area contributed by atoms with Gasteiger partial charge in [-0.25, -0.2) is 0 Å². The molecule has 1 aromatic carbocycles. The molecule has 0 radical (unpaired) electrons. The second-order valence-corrected chi connectivity index (χ2v) is 4.44. The van der Waals surface area contributed by atoms with E-state index < -0.39 is 10.1 Å². The molecule has 0 atom stereocenters. The number of hydrogen-bond donors (Lipinski definition) is 1. The minimum Gasteiger partial charge on any atom is -0.282 e. The van der Waals surface area contributed by atoms with E-state index >= 15 is 0 Å². The number of hydrogen-bond acceptors (Lipinski definition) is 3. The van der Waals surface area contributed by atoms with Gasteiger partial charge in [0, 0.05) is 0 Å². The van der Waals surface area contributed by atoms with E-state index in [0.29, 0.717) is 16.7 Å². The van der Waals surface area contributed by atoms with Crippen molar-refractivity contribution >= 4 is 10.1 Å². The highest BCUT2D eigenvalue weighted by atomic mass is 32.2. The van der Waals surface area contributed by atoms with Crippen molar-refractivity contribution in [3.05, 3.63) is 28.8 Å². The van der Waals surface area contributed by atoms with Crippen LogP contribution in [0.4, 0.5) is 0 Å². The Kier molecular flexibility index (Phi) is 2.60. The molecule has 74 valence electrons. The monoisotopic (exact) mass is 211 g/mol. The van der Waals surface area contributed by atoms with Crippen LogP contribution < -0.4 is 0 Å². The summed E-state index contributed by atoms with van der Waals surface area (Å²) < 4.78 is 30.4. The summed E-state index contributed by atoms with van der Waals surface area (Å²) in [7, 11) is -4.18. The van der Waals surface area contributed by atoms with E-state index in [2.05, 4.69) is 0 Å². The maximum Gasteiger partial charge on any atom is 0.294 e. The lowest BCUT2D eigenvalue weighted by Crippen LogP contribution is -2.00. The first-order chi connectivity index (χ1) is 6.36. The minimum atomic E-state index is -4.18. The molecule has 0 unspecified atom stereocenters. The lowest BCUT2D eigenvalue weighted by Gasteiger charge is -2.04. The normalized spacial score (nSPS) is 11.0. The van der Waals surface area contributed by atoms with Crippen LogP contribution in [0.5, 0.6) is 0 Å². The van der Waals surface area contributed by atoms with Gasteiger partial charge in [-0.15, -0.1) is 0 Å². The molecule has 0 aliphatic heterocycles. The molecule has 0 bridgehead atoms. The molecule has 0 aromatic heterocycles. The number of nitrogens with zero attached hydrogens (tertiary/aromatic N) is 1. The van der Waals surface area contributed by atoms with Crippen LogP contribution in [0.3, 0.4) is 0 Å². The van der Waals surface area contributed by atoms with Gasteiger partial charge in [0.1, 0.15) is 0 Å². The van der Waals surface area contributed by atoms with Crippen LogP contribution in [-0.2, 0) is 10.1 Å². The molecule has 1 N–H and O–H groups in total. The van der Waals surface area contributed by atoms with E-state index in [1.165, 1.54) is 12.1 Å². The van der Waals surface area contributed by atoms with Crippen molar-refractivity contribution < 1.29 is 13.0 Å². The summed E-state index contributed by atoms with van der Waals surface area (Å²) in [6.45, 7) is 3.25. The summed E-state index contributed by atoms with van der Waals surface area (Å²) in [5.41, 5.74) is 1.53. The largest absolute Gasteiger partial charge is 0.294 e. The molecule has 14 heavy (non-hydrogen) atoms. The van der Waals surface area contributed by atoms with Crippen molar-refractivity contribution in [1.82, 2.24) is 0 Å². The van der Waals surface area contributed by atoms with Crippen molar-refractivity contribution in [1.29, 1.82) is 5.26 Å². The summed E-state index contributed by atoms with van der Waals surface area (Å²) in [4.78, 5) is -0.175. The van der Waals surface area contributed by atoms with Crippen molar-refractivity contribution in [2.75, 3.05) is 0 Å². The molecular weight excluding hydrogens is 202 g/mol. The smallest absolute Gasteiger partial charge is 0.282 e. The second kappa shape index (κ2) is 3.40. The van der Waals surface area contributed by atoms with Crippen molar-refractivity contribution in [3.8, 4) is 6.07 Å². The quantitative estimate of drug-likeness (QED) is 0.712. The van der Waals surface area contributed by atoms with Gasteiger partial charge in [-0.2, -0.15) is 13.7 Å². The Bertz CT molecular complexity index is 488. The summed E-state index contributed by atoms with van der Waals surface area (Å²) in [5.74, 6) is 0. The third-order valence-corrected chi connectivity index (χ3v) is 2.75. The Balaban J connectivity index is 3.53. The first kappa shape index (κ1) is 10.7. The fourth-order valence-corrected chi connectivity index (χ4v) is 1.90. The Morgan fingerprint density at radius 3 is 2.00 bits per heavy atom. The minimum absolute atomic E-state index is 0.175. The van der Waals surface area contributed by atoms with Gasteiger partial charge in [0.15, 0.2) is 0 Å². The molecule has 0 aliphatic rings. The molecule has 0 amide bonds. The van der Waals surface area contributed by atoms with E-state index in [-0.39, 0.29) is 4.90 Å². The van der Waals surface area contributed by atoms with Crippen LogP contribution in [-0.4, -0.2) is 13.0 Å². The predicted octanol–water partition coefficient (Wildman–Crippen LogP) is 1.42. The highest BCUT2D eigenvalue weighted by Crippen LogP contribution is 2.18. The second-order valence-electron chi connectivity index (χ2n) is 3.02. The maximum atomic E-state index is 10.8. The zero-order valence-electron chi connectivity index (χ0n) is 7.77. The van der Waals surface area contributed by atoms with Gasteiger partial charge in [0.2, 0.25) is 0 Å². The van der Waals surface area contributed by atoms with Crippen molar-refractivity contribution in [3.63, 3.8) is 0 Å². The molecule has 0 spiro atoms. The molecule has 0 saturated heterocycles. The molecule has 0 fully saturated rings. The van der Waals surface area contributed by atoms with E-state index in [9.17, 15) is 8.42 Å². The summed E-state index contributed by atoms with van der Waals surface area (Å²) in [6.07, 6.45) is 0. The lowest BCUT2D eigenvalue weighted by atomic mass is 10.0. The molecule has 0 saturated carbocycles. The Hall–Kier alpha value is -1.38. The summed E-state index contributed by atoms with van der Waals surface area (Å²) in [6, 6.07) is 4.52. The van der Waals surface area contributed by atoms with Crippen molar-refractivity contribution in [2.24, 2.45) is 0 Å². The van der Waals surface area contributed by atoms with Crippen LogP contribution in [0.25, 0.3) is 0 Å². The van der Waals surface area contributed by atoms with E-state index in [1.54, 1.807) is 13.8 Å². The highest BCUT2D eigenvalue weighted by Gasteiger charge is 2.13. The lowest BCUT2D eigenvalue weighted by molar-refractivity contribution is 0.483. The van der Waals surface area contributed by atoms with Gasteiger partial charge >= 0.3 is 0 Å². The molecule has 0 heterocycles. The molecule has 5 heteroatoms. The molecule has 1 rings (SSSR count). The first-order valence-electron chi connectivity index (χ1n) is 3.85. The standard InChI is InChI=1S/C9H9NO3S/c1-6-3-8(14(11,12)13)4-7(2)9(6)5-10/h3-4H,1-2H3,(H,11,12,13). The van der Waals surface area contributed by atoms with Crippen LogP contribution in [0.2, 0.25) is 0 Å². The van der Waals surface area contributed by atoms with Gasteiger partial charge < -0.3 is 0 Å². The average molecular weight is 211 g/mol. The number of rotatable bonds is 1.